The smallest absolute Gasteiger partial charge is 0.221 e. The van der Waals surface area contributed by atoms with Crippen molar-refractivity contribution in [2.75, 3.05) is 12.3 Å². The highest BCUT2D eigenvalue weighted by Crippen LogP contribution is 2.18. The first-order chi connectivity index (χ1) is 8.44. The first kappa shape index (κ1) is 15.0. The van der Waals surface area contributed by atoms with E-state index in [1.165, 1.54) is 0 Å². The molecule has 0 unspecified atom stereocenters. The lowest BCUT2D eigenvalue weighted by Crippen LogP contribution is -2.25. The zero-order valence-electron chi connectivity index (χ0n) is 10.1. The van der Waals surface area contributed by atoms with E-state index in [2.05, 4.69) is 5.32 Å². The van der Waals surface area contributed by atoms with Crippen molar-refractivity contribution in [1.29, 1.82) is 0 Å². The number of nitrogens with one attached hydrogen (secondary N) is 1. The predicted molar refractivity (Wildman–Crippen MR) is 72.2 cm³/mol. The van der Waals surface area contributed by atoms with Crippen LogP contribution >= 0.6 is 11.6 Å². The summed E-state index contributed by atoms with van der Waals surface area (Å²) < 4.78 is 23.6. The Morgan fingerprint density at radius 2 is 2.00 bits per heavy atom. The third kappa shape index (κ3) is 5.06. The summed E-state index contributed by atoms with van der Waals surface area (Å²) in [5.74, 6) is -0.545. The highest BCUT2D eigenvalue weighted by molar-refractivity contribution is 7.90. The molecule has 0 saturated heterocycles. The minimum atomic E-state index is -3.32. The number of carbonyl (C=O) groups excluding carboxylic acids is 1. The van der Waals surface area contributed by atoms with Crippen molar-refractivity contribution >= 4 is 27.3 Å². The van der Waals surface area contributed by atoms with Crippen LogP contribution in [0.3, 0.4) is 0 Å². The maximum atomic E-state index is 11.8. The standard InChI is InChI=1S/C12H16ClNO3S/c1-2-14-12(15)7-8-18(16,17)9-10-5-3-4-6-11(10)13/h3-6H,2,7-9H2,1H3,(H,14,15). The zero-order valence-corrected chi connectivity index (χ0v) is 11.7. The van der Waals surface area contributed by atoms with Crippen molar-refractivity contribution in [3.8, 4) is 0 Å². The van der Waals surface area contributed by atoms with Crippen molar-refractivity contribution in [3.63, 3.8) is 0 Å². The lowest BCUT2D eigenvalue weighted by molar-refractivity contribution is -0.120. The topological polar surface area (TPSA) is 63.2 Å². The van der Waals surface area contributed by atoms with Crippen molar-refractivity contribution in [2.24, 2.45) is 0 Å². The molecule has 100 valence electrons. The van der Waals surface area contributed by atoms with Gasteiger partial charge in [0.1, 0.15) is 0 Å². The Kier molecular flexibility index (Phi) is 5.62. The summed E-state index contributed by atoms with van der Waals surface area (Å²) in [5, 5.41) is 2.99. The van der Waals surface area contributed by atoms with Gasteiger partial charge in [-0.1, -0.05) is 29.8 Å². The van der Waals surface area contributed by atoms with Crippen LogP contribution in [0.15, 0.2) is 24.3 Å². The molecular formula is C12H16ClNO3S. The van der Waals surface area contributed by atoms with Gasteiger partial charge in [-0.05, 0) is 18.6 Å². The number of amides is 1. The quantitative estimate of drug-likeness (QED) is 0.868. The van der Waals surface area contributed by atoms with Gasteiger partial charge < -0.3 is 5.32 Å². The maximum Gasteiger partial charge on any atom is 0.221 e. The third-order valence-corrected chi connectivity index (χ3v) is 4.29. The van der Waals surface area contributed by atoms with Crippen molar-refractivity contribution < 1.29 is 13.2 Å². The minimum Gasteiger partial charge on any atom is -0.356 e. The lowest BCUT2D eigenvalue weighted by Gasteiger charge is -2.06. The van der Waals surface area contributed by atoms with Crippen molar-refractivity contribution in [2.45, 2.75) is 19.1 Å². The summed E-state index contributed by atoms with van der Waals surface area (Å²) in [6, 6.07) is 6.80. The number of benzene rings is 1. The van der Waals surface area contributed by atoms with Crippen LogP contribution < -0.4 is 5.32 Å². The second-order valence-corrected chi connectivity index (χ2v) is 6.48. The number of hydrogen-bond acceptors (Lipinski definition) is 3. The SMILES string of the molecule is CCNC(=O)CCS(=O)(=O)Cc1ccccc1Cl. The van der Waals surface area contributed by atoms with E-state index >= 15 is 0 Å². The summed E-state index contributed by atoms with van der Waals surface area (Å²) in [6.45, 7) is 2.29. The van der Waals surface area contributed by atoms with Crippen LogP contribution in [0.5, 0.6) is 0 Å². The molecule has 1 rings (SSSR count). The molecule has 1 amide bonds. The maximum absolute atomic E-state index is 11.8. The van der Waals surface area contributed by atoms with Gasteiger partial charge in [0.25, 0.3) is 0 Å². The van der Waals surface area contributed by atoms with Crippen LogP contribution in [0.2, 0.25) is 5.02 Å². The molecule has 0 heterocycles. The Bertz CT molecular complexity index is 514. The average molecular weight is 290 g/mol. The van der Waals surface area contributed by atoms with E-state index in [4.69, 9.17) is 11.6 Å². The number of rotatable bonds is 6. The van der Waals surface area contributed by atoms with E-state index in [9.17, 15) is 13.2 Å². The molecule has 0 spiro atoms. The normalized spacial score (nSPS) is 11.2. The lowest BCUT2D eigenvalue weighted by atomic mass is 10.2. The Morgan fingerprint density at radius 3 is 2.61 bits per heavy atom. The predicted octanol–water partition coefficient (Wildman–Crippen LogP) is 1.78. The highest BCUT2D eigenvalue weighted by Gasteiger charge is 2.15. The Morgan fingerprint density at radius 1 is 1.33 bits per heavy atom. The molecule has 0 aliphatic carbocycles. The summed E-state index contributed by atoms with van der Waals surface area (Å²) in [4.78, 5) is 11.2. The van der Waals surface area contributed by atoms with Crippen LogP contribution in [0.1, 0.15) is 18.9 Å². The molecule has 1 N–H and O–H groups in total. The van der Waals surface area contributed by atoms with Gasteiger partial charge in [-0.2, -0.15) is 0 Å². The molecule has 4 nitrogen and oxygen atoms in total. The van der Waals surface area contributed by atoms with Gasteiger partial charge in [0.2, 0.25) is 5.91 Å². The van der Waals surface area contributed by atoms with Crippen LogP contribution in [-0.4, -0.2) is 26.6 Å². The summed E-state index contributed by atoms with van der Waals surface area (Å²) in [7, 11) is -3.32. The highest BCUT2D eigenvalue weighted by atomic mass is 35.5. The number of sulfone groups is 1. The second-order valence-electron chi connectivity index (χ2n) is 3.89. The van der Waals surface area contributed by atoms with Crippen LogP contribution in [-0.2, 0) is 20.4 Å². The Hall–Kier alpha value is -1.07. The van der Waals surface area contributed by atoms with E-state index in [-0.39, 0.29) is 23.8 Å². The minimum absolute atomic E-state index is 0.0133. The summed E-state index contributed by atoms with van der Waals surface area (Å²) in [5.41, 5.74) is 0.565. The molecule has 0 radical (unpaired) electrons. The van der Waals surface area contributed by atoms with Crippen LogP contribution in [0, 0.1) is 0 Å². The van der Waals surface area contributed by atoms with Gasteiger partial charge >= 0.3 is 0 Å². The molecule has 0 fully saturated rings. The van der Waals surface area contributed by atoms with E-state index in [1.807, 2.05) is 0 Å². The Balaban J connectivity index is 2.60. The number of hydrogen-bond donors (Lipinski definition) is 1. The van der Waals surface area contributed by atoms with Crippen LogP contribution in [0.25, 0.3) is 0 Å². The monoisotopic (exact) mass is 289 g/mol. The molecule has 0 aromatic heterocycles. The van der Waals surface area contributed by atoms with Gasteiger partial charge in [-0.3, -0.25) is 4.79 Å². The van der Waals surface area contributed by atoms with Gasteiger partial charge in [0.15, 0.2) is 9.84 Å². The molecule has 0 atom stereocenters. The van der Waals surface area contributed by atoms with Gasteiger partial charge in [-0.25, -0.2) is 8.42 Å². The van der Waals surface area contributed by atoms with Crippen molar-refractivity contribution in [1.82, 2.24) is 5.32 Å². The molecule has 0 bridgehead atoms. The fraction of sp³-hybridized carbons (Fsp3) is 0.417. The molecule has 1 aromatic carbocycles. The van der Waals surface area contributed by atoms with E-state index < -0.39 is 9.84 Å². The van der Waals surface area contributed by atoms with Gasteiger partial charge in [0, 0.05) is 18.0 Å². The molecule has 1 aromatic rings. The fourth-order valence-electron chi connectivity index (χ4n) is 1.46. The largest absolute Gasteiger partial charge is 0.356 e. The molecule has 0 saturated carbocycles. The second kappa shape index (κ2) is 6.75. The number of carbonyl (C=O) groups is 1. The van der Waals surface area contributed by atoms with Crippen molar-refractivity contribution in [3.05, 3.63) is 34.9 Å². The third-order valence-electron chi connectivity index (χ3n) is 2.35. The molecule has 0 aliphatic rings. The van der Waals surface area contributed by atoms with Gasteiger partial charge in [0.05, 0.1) is 11.5 Å². The first-order valence-corrected chi connectivity index (χ1v) is 7.85. The molecule has 6 heteroatoms. The zero-order chi connectivity index (χ0) is 13.6. The van der Waals surface area contributed by atoms with E-state index in [0.717, 1.165) is 0 Å². The van der Waals surface area contributed by atoms with Gasteiger partial charge in [-0.15, -0.1) is 0 Å². The molecular weight excluding hydrogens is 274 g/mol. The fourth-order valence-corrected chi connectivity index (χ4v) is 3.11. The van der Waals surface area contributed by atoms with Crippen LogP contribution in [0.4, 0.5) is 0 Å². The molecule has 18 heavy (non-hydrogen) atoms. The first-order valence-electron chi connectivity index (χ1n) is 5.65. The van der Waals surface area contributed by atoms with E-state index in [0.29, 0.717) is 17.1 Å². The molecule has 0 aliphatic heterocycles. The summed E-state index contributed by atoms with van der Waals surface area (Å²) >= 11 is 5.90. The Labute approximate surface area is 112 Å². The summed E-state index contributed by atoms with van der Waals surface area (Å²) in [6.07, 6.45) is -0.0133. The number of halogens is 1. The average Bonchev–Trinajstić information content (AvgIpc) is 2.30. The van der Waals surface area contributed by atoms with E-state index in [1.54, 1.807) is 31.2 Å².